The van der Waals surface area contributed by atoms with E-state index in [0.717, 1.165) is 81.5 Å². The molecule has 2 fully saturated rings. The van der Waals surface area contributed by atoms with Gasteiger partial charge in [0.05, 0.1) is 18.7 Å². The highest BCUT2D eigenvalue weighted by Gasteiger charge is 2.60. The number of benzene rings is 2. The van der Waals surface area contributed by atoms with E-state index in [1.165, 1.54) is 29.8 Å². The smallest absolute Gasteiger partial charge is 0.471 e. The van der Waals surface area contributed by atoms with Crippen LogP contribution in [0.15, 0.2) is 48.7 Å². The molecular weight excluding hydrogens is 816 g/mol. The van der Waals surface area contributed by atoms with Gasteiger partial charge in [0.2, 0.25) is 0 Å². The Labute approximate surface area is 361 Å². The number of rotatable bonds is 12. The second kappa shape index (κ2) is 18.0. The molecule has 2 heterocycles. The van der Waals surface area contributed by atoms with Crippen LogP contribution in [0.5, 0.6) is 11.5 Å². The van der Waals surface area contributed by atoms with Crippen LogP contribution < -0.4 is 14.4 Å². The zero-order chi connectivity index (χ0) is 43.0. The fourth-order valence-corrected chi connectivity index (χ4v) is 11.0. The SMILES string of the molecule is COC(=O)C1(N(C(=O)C(F)(F)F)c2cccc(Cl)c2)CCC2(CC1)c1cc(OCC(C)N3CCN(C)CC3)c(Cl)cc1C[C@@H]2C[C@@H](C)COc1ccnc2c1[C@H](C)CCC2. The maximum absolute atomic E-state index is 14.5. The third-order valence-electron chi connectivity index (χ3n) is 13.8. The molecule has 4 atom stereocenters. The number of pyridine rings is 1. The van der Waals surface area contributed by atoms with Gasteiger partial charge in [0.15, 0.2) is 0 Å². The summed E-state index contributed by atoms with van der Waals surface area (Å²) in [5, 5.41) is 0.638. The lowest BCUT2D eigenvalue weighted by atomic mass is 9.59. The lowest BCUT2D eigenvalue weighted by molar-refractivity contribution is -0.174. The summed E-state index contributed by atoms with van der Waals surface area (Å²) in [5.74, 6) is -1.13. The minimum absolute atomic E-state index is 0.0283. The van der Waals surface area contributed by atoms with Gasteiger partial charge in [0.1, 0.15) is 23.6 Å². The predicted molar refractivity (Wildman–Crippen MR) is 227 cm³/mol. The molecule has 1 saturated heterocycles. The lowest BCUT2D eigenvalue weighted by Crippen LogP contribution is -2.63. The van der Waals surface area contributed by atoms with Gasteiger partial charge in [-0.3, -0.25) is 19.6 Å². The molecule has 4 aliphatic rings. The van der Waals surface area contributed by atoms with Gasteiger partial charge in [0.25, 0.3) is 0 Å². The van der Waals surface area contributed by atoms with Crippen molar-refractivity contribution >= 4 is 40.8 Å². The molecule has 1 aromatic heterocycles. The number of hydrogen-bond donors (Lipinski definition) is 0. The third-order valence-corrected chi connectivity index (χ3v) is 14.4. The van der Waals surface area contributed by atoms with Crippen molar-refractivity contribution in [2.45, 2.75) is 108 Å². The Morgan fingerprint density at radius 1 is 0.983 bits per heavy atom. The molecule has 7 rings (SSSR count). The maximum atomic E-state index is 14.5. The number of fused-ring (bicyclic) bond motifs is 3. The summed E-state index contributed by atoms with van der Waals surface area (Å²) in [6.45, 7) is 11.3. The van der Waals surface area contributed by atoms with Crippen LogP contribution in [0.3, 0.4) is 0 Å². The summed E-state index contributed by atoms with van der Waals surface area (Å²) < 4.78 is 61.9. The van der Waals surface area contributed by atoms with Gasteiger partial charge in [-0.2, -0.15) is 13.2 Å². The highest BCUT2D eigenvalue weighted by Crippen LogP contribution is 2.58. The van der Waals surface area contributed by atoms with E-state index in [9.17, 15) is 22.8 Å². The van der Waals surface area contributed by atoms with Crippen LogP contribution in [0.1, 0.15) is 94.0 Å². The van der Waals surface area contributed by atoms with Crippen LogP contribution in [0, 0.1) is 11.8 Å². The molecule has 9 nitrogen and oxygen atoms in total. The number of alkyl halides is 3. The molecule has 1 amide bonds. The lowest BCUT2D eigenvalue weighted by Gasteiger charge is -2.51. The second-order valence-electron chi connectivity index (χ2n) is 17.8. The average Bonchev–Trinajstić information content (AvgIpc) is 3.49. The summed E-state index contributed by atoms with van der Waals surface area (Å²) in [6.07, 6.45) is 1.59. The standard InChI is InChI=1S/C46H57Cl2F3N4O5/c1-29(27-59-39-12-17-52-38-11-6-8-30(2)41(38)39)22-33-23-32-24-37(48)40(60-28-31(3)54-20-18-53(4)19-21-54)26-36(32)44(33)13-15-45(16-14-44,43(57)58-5)55(42(56)46(49,50)51)35-10-7-9-34(47)25-35/h7,9-10,12,17,24-26,29-31,33H,6,8,11,13-16,18-23,27-28H2,1-5H3/t29-,30-,31?,33+,44?,45?/m1/s1. The molecule has 1 unspecified atom stereocenters. The fraction of sp³-hybridized carbons (Fsp3) is 0.587. The van der Waals surface area contributed by atoms with E-state index < -0.39 is 29.0 Å². The van der Waals surface area contributed by atoms with Gasteiger partial charge in [-0.15, -0.1) is 0 Å². The third kappa shape index (κ3) is 8.86. The Bertz CT molecular complexity index is 2030. The van der Waals surface area contributed by atoms with Gasteiger partial charge in [-0.1, -0.05) is 43.1 Å². The molecule has 326 valence electrons. The molecule has 2 aromatic carbocycles. The number of likely N-dealkylation sites (N-methyl/N-ethyl adjacent to an activating group) is 1. The van der Waals surface area contributed by atoms with Crippen LogP contribution in [-0.2, 0) is 32.6 Å². The molecule has 14 heteroatoms. The maximum Gasteiger partial charge on any atom is 0.471 e. The number of carbonyl (C=O) groups excluding carboxylic acids is 2. The summed E-state index contributed by atoms with van der Waals surface area (Å²) in [4.78, 5) is 37.4. The van der Waals surface area contributed by atoms with E-state index in [2.05, 4.69) is 42.6 Å². The zero-order valence-corrected chi connectivity index (χ0v) is 36.8. The predicted octanol–water partition coefficient (Wildman–Crippen LogP) is 9.44. The van der Waals surface area contributed by atoms with E-state index in [4.69, 9.17) is 37.4 Å². The Balaban J connectivity index is 1.21. The Morgan fingerprint density at radius 3 is 2.38 bits per heavy atom. The second-order valence-corrected chi connectivity index (χ2v) is 18.6. The number of amides is 1. The zero-order valence-electron chi connectivity index (χ0n) is 35.3. The number of carbonyl (C=O) groups is 2. The molecule has 1 spiro atoms. The number of ether oxygens (including phenoxy) is 3. The summed E-state index contributed by atoms with van der Waals surface area (Å²) in [7, 11) is 3.27. The Morgan fingerprint density at radius 2 is 1.70 bits per heavy atom. The number of esters is 1. The molecule has 1 saturated carbocycles. The summed E-state index contributed by atoms with van der Waals surface area (Å²) in [6, 6.07) is 11.7. The minimum atomic E-state index is -5.27. The fourth-order valence-electron chi connectivity index (χ4n) is 10.6. The van der Waals surface area contributed by atoms with Crippen molar-refractivity contribution < 1.29 is 37.0 Å². The monoisotopic (exact) mass is 872 g/mol. The van der Waals surface area contributed by atoms with Crippen molar-refractivity contribution in [1.82, 2.24) is 14.8 Å². The number of hydrogen-bond acceptors (Lipinski definition) is 8. The van der Waals surface area contributed by atoms with Gasteiger partial charge in [-0.05, 0) is 142 Å². The number of anilines is 1. The van der Waals surface area contributed by atoms with Gasteiger partial charge in [0, 0.05) is 60.4 Å². The van der Waals surface area contributed by atoms with Crippen LogP contribution in [0.2, 0.25) is 10.0 Å². The van der Waals surface area contributed by atoms with Crippen molar-refractivity contribution in [3.8, 4) is 11.5 Å². The van der Waals surface area contributed by atoms with E-state index in [1.54, 1.807) is 0 Å². The summed E-state index contributed by atoms with van der Waals surface area (Å²) >= 11 is 13.3. The Hall–Kier alpha value is -3.58. The normalized spacial score (nSPS) is 25.6. The van der Waals surface area contributed by atoms with E-state index in [-0.39, 0.29) is 41.4 Å². The van der Waals surface area contributed by atoms with E-state index in [0.29, 0.717) is 54.1 Å². The molecular formula is C46H57Cl2F3N4O5. The number of methoxy groups -OCH3 is 1. The average molecular weight is 874 g/mol. The topological polar surface area (TPSA) is 84.4 Å². The number of nitrogens with zero attached hydrogens (tertiary/aromatic N) is 4. The molecule has 3 aliphatic carbocycles. The molecule has 0 radical (unpaired) electrons. The summed E-state index contributed by atoms with van der Waals surface area (Å²) in [5.41, 5.74) is 1.74. The largest absolute Gasteiger partial charge is 0.493 e. The number of piperazine rings is 1. The molecule has 0 N–H and O–H groups in total. The van der Waals surface area contributed by atoms with Crippen molar-refractivity contribution in [1.29, 1.82) is 0 Å². The van der Waals surface area contributed by atoms with Crippen molar-refractivity contribution in [2.24, 2.45) is 11.8 Å². The highest BCUT2D eigenvalue weighted by atomic mass is 35.5. The Kier molecular flexibility index (Phi) is 13.4. The van der Waals surface area contributed by atoms with Gasteiger partial charge in [-0.25, -0.2) is 4.79 Å². The minimum Gasteiger partial charge on any atom is -0.493 e. The molecule has 1 aliphatic heterocycles. The van der Waals surface area contributed by atoms with Gasteiger partial charge < -0.3 is 19.1 Å². The highest BCUT2D eigenvalue weighted by molar-refractivity contribution is 6.32. The first-order valence-electron chi connectivity index (χ1n) is 21.3. The first-order chi connectivity index (χ1) is 28.6. The van der Waals surface area contributed by atoms with Crippen molar-refractivity contribution in [3.05, 3.63) is 81.1 Å². The van der Waals surface area contributed by atoms with Crippen LogP contribution in [0.4, 0.5) is 18.9 Å². The number of halogens is 5. The van der Waals surface area contributed by atoms with E-state index in [1.807, 2.05) is 24.4 Å². The van der Waals surface area contributed by atoms with Crippen LogP contribution in [-0.4, -0.2) is 98.0 Å². The number of aromatic nitrogens is 1. The van der Waals surface area contributed by atoms with Crippen LogP contribution in [0.25, 0.3) is 0 Å². The van der Waals surface area contributed by atoms with Crippen LogP contribution >= 0.6 is 23.2 Å². The van der Waals surface area contributed by atoms with Crippen molar-refractivity contribution in [2.75, 3.05) is 58.5 Å². The van der Waals surface area contributed by atoms with Crippen molar-refractivity contribution in [3.63, 3.8) is 0 Å². The molecule has 60 heavy (non-hydrogen) atoms. The first kappa shape index (κ1) is 44.5. The molecule has 0 bridgehead atoms. The number of aryl methyl sites for hydroxylation is 1. The van der Waals surface area contributed by atoms with E-state index >= 15 is 0 Å². The van der Waals surface area contributed by atoms with Gasteiger partial charge >= 0.3 is 18.1 Å². The quantitative estimate of drug-likeness (QED) is 0.167. The molecule has 3 aromatic rings. The first-order valence-corrected chi connectivity index (χ1v) is 22.1.